The Kier molecular flexibility index (Phi) is 3.38. The molecule has 0 amide bonds. The number of benzene rings is 2. The summed E-state index contributed by atoms with van der Waals surface area (Å²) >= 11 is 0. The highest BCUT2D eigenvalue weighted by atomic mass is 19.1. The molecule has 114 valence electrons. The van der Waals surface area contributed by atoms with Gasteiger partial charge in [0.15, 0.2) is 0 Å². The molecule has 5 heteroatoms. The first-order valence-electron chi connectivity index (χ1n) is 7.51. The fourth-order valence-corrected chi connectivity index (χ4v) is 2.80. The molecule has 23 heavy (non-hydrogen) atoms. The fraction of sp³-hybridized carbons (Fsp3) is 0.111. The minimum absolute atomic E-state index is 0.265. The van der Waals surface area contributed by atoms with Crippen LogP contribution in [0, 0.1) is 5.82 Å². The third-order valence-electron chi connectivity index (χ3n) is 3.90. The van der Waals surface area contributed by atoms with Crippen molar-refractivity contribution in [1.82, 2.24) is 9.97 Å². The number of halogens is 1. The van der Waals surface area contributed by atoms with E-state index in [1.54, 1.807) is 18.3 Å². The number of nitrogens with zero attached hydrogens (tertiary/aromatic N) is 3. The number of anilines is 4. The average Bonchev–Trinajstić information content (AvgIpc) is 3.01. The number of hydrogen-bond donors (Lipinski definition) is 1. The Morgan fingerprint density at radius 3 is 2.70 bits per heavy atom. The summed E-state index contributed by atoms with van der Waals surface area (Å²) in [4.78, 5) is 11.0. The van der Waals surface area contributed by atoms with E-state index in [1.165, 1.54) is 23.4 Å². The molecule has 0 bridgehead atoms. The van der Waals surface area contributed by atoms with Gasteiger partial charge in [0.25, 0.3) is 0 Å². The first-order valence-corrected chi connectivity index (χ1v) is 7.51. The van der Waals surface area contributed by atoms with E-state index in [9.17, 15) is 4.39 Å². The SMILES string of the molecule is Fc1ccc(Nc2nccc(N3CCc4ccccc43)n2)cc1. The molecule has 1 aliphatic rings. The van der Waals surface area contributed by atoms with Crippen LogP contribution in [-0.2, 0) is 6.42 Å². The average molecular weight is 306 g/mol. The molecule has 0 spiro atoms. The lowest BCUT2D eigenvalue weighted by Gasteiger charge is -2.18. The van der Waals surface area contributed by atoms with Gasteiger partial charge in [-0.25, -0.2) is 9.37 Å². The van der Waals surface area contributed by atoms with E-state index in [1.807, 2.05) is 12.1 Å². The van der Waals surface area contributed by atoms with Crippen LogP contribution in [0.25, 0.3) is 0 Å². The lowest BCUT2D eigenvalue weighted by Crippen LogP contribution is -2.15. The summed E-state index contributed by atoms with van der Waals surface area (Å²) in [6.07, 6.45) is 2.75. The topological polar surface area (TPSA) is 41.1 Å². The van der Waals surface area contributed by atoms with E-state index < -0.39 is 0 Å². The Morgan fingerprint density at radius 1 is 1.00 bits per heavy atom. The predicted octanol–water partition coefficient (Wildman–Crippen LogP) is 4.05. The van der Waals surface area contributed by atoms with Gasteiger partial charge in [-0.1, -0.05) is 18.2 Å². The van der Waals surface area contributed by atoms with E-state index in [2.05, 4.69) is 38.4 Å². The van der Waals surface area contributed by atoms with Crippen molar-refractivity contribution in [1.29, 1.82) is 0 Å². The largest absolute Gasteiger partial charge is 0.326 e. The lowest BCUT2D eigenvalue weighted by molar-refractivity contribution is 0.628. The first-order chi connectivity index (χ1) is 11.3. The van der Waals surface area contributed by atoms with Crippen molar-refractivity contribution in [2.45, 2.75) is 6.42 Å². The van der Waals surface area contributed by atoms with Crippen molar-refractivity contribution < 1.29 is 4.39 Å². The van der Waals surface area contributed by atoms with Crippen LogP contribution >= 0.6 is 0 Å². The molecule has 0 fully saturated rings. The Morgan fingerprint density at radius 2 is 1.83 bits per heavy atom. The van der Waals surface area contributed by atoms with Crippen LogP contribution in [0.2, 0.25) is 0 Å². The summed E-state index contributed by atoms with van der Waals surface area (Å²) in [6.45, 7) is 0.909. The van der Waals surface area contributed by atoms with Crippen LogP contribution in [0.1, 0.15) is 5.56 Å². The Hall–Kier alpha value is -2.95. The van der Waals surface area contributed by atoms with Crippen LogP contribution in [0.15, 0.2) is 60.8 Å². The molecule has 0 unspecified atom stereocenters. The van der Waals surface area contributed by atoms with Gasteiger partial charge < -0.3 is 10.2 Å². The number of para-hydroxylation sites is 1. The molecular formula is C18H15FN4. The molecule has 2 heterocycles. The smallest absolute Gasteiger partial charge is 0.229 e. The molecule has 4 rings (SSSR count). The normalized spacial score (nSPS) is 13.0. The molecular weight excluding hydrogens is 291 g/mol. The summed E-state index contributed by atoms with van der Waals surface area (Å²) in [5.41, 5.74) is 3.28. The van der Waals surface area contributed by atoms with E-state index in [0.717, 1.165) is 24.5 Å². The van der Waals surface area contributed by atoms with Crippen molar-refractivity contribution in [3.8, 4) is 0 Å². The van der Waals surface area contributed by atoms with Crippen LogP contribution in [0.4, 0.5) is 27.5 Å². The zero-order valence-electron chi connectivity index (χ0n) is 12.4. The number of aromatic nitrogens is 2. The van der Waals surface area contributed by atoms with Crippen LogP contribution in [0.5, 0.6) is 0 Å². The molecule has 0 atom stereocenters. The minimum Gasteiger partial charge on any atom is -0.326 e. The molecule has 1 aliphatic heterocycles. The molecule has 0 saturated heterocycles. The van der Waals surface area contributed by atoms with Gasteiger partial charge in [-0.05, 0) is 48.4 Å². The second-order valence-electron chi connectivity index (χ2n) is 5.40. The van der Waals surface area contributed by atoms with Crippen molar-refractivity contribution in [2.24, 2.45) is 0 Å². The maximum atomic E-state index is 13.0. The molecule has 3 aromatic rings. The predicted molar refractivity (Wildman–Crippen MR) is 88.9 cm³/mol. The van der Waals surface area contributed by atoms with Gasteiger partial charge in [-0.15, -0.1) is 0 Å². The summed E-state index contributed by atoms with van der Waals surface area (Å²) in [7, 11) is 0. The van der Waals surface area contributed by atoms with Crippen molar-refractivity contribution in [3.63, 3.8) is 0 Å². The molecule has 4 nitrogen and oxygen atoms in total. The number of nitrogens with one attached hydrogen (secondary N) is 1. The number of hydrogen-bond acceptors (Lipinski definition) is 4. The van der Waals surface area contributed by atoms with E-state index >= 15 is 0 Å². The van der Waals surface area contributed by atoms with Gasteiger partial charge in [0.2, 0.25) is 5.95 Å². The molecule has 0 radical (unpaired) electrons. The standard InChI is InChI=1S/C18H15FN4/c19-14-5-7-15(8-6-14)21-18-20-11-9-17(22-18)23-12-10-13-3-1-2-4-16(13)23/h1-9,11H,10,12H2,(H,20,21,22). The minimum atomic E-state index is -0.265. The fourth-order valence-electron chi connectivity index (χ4n) is 2.80. The zero-order chi connectivity index (χ0) is 15.6. The van der Waals surface area contributed by atoms with Crippen LogP contribution in [0.3, 0.4) is 0 Å². The maximum Gasteiger partial charge on any atom is 0.229 e. The van der Waals surface area contributed by atoms with Gasteiger partial charge in [0, 0.05) is 24.1 Å². The Balaban J connectivity index is 1.61. The van der Waals surface area contributed by atoms with Crippen molar-refractivity contribution in [2.75, 3.05) is 16.8 Å². The number of fused-ring (bicyclic) bond motifs is 1. The van der Waals surface area contributed by atoms with Gasteiger partial charge in [-0.3, -0.25) is 0 Å². The molecule has 0 aliphatic carbocycles. The molecule has 0 saturated carbocycles. The summed E-state index contributed by atoms with van der Waals surface area (Å²) in [6, 6.07) is 16.4. The summed E-state index contributed by atoms with van der Waals surface area (Å²) < 4.78 is 13.0. The third-order valence-corrected chi connectivity index (χ3v) is 3.90. The highest BCUT2D eigenvalue weighted by molar-refractivity contribution is 5.68. The monoisotopic (exact) mass is 306 g/mol. The highest BCUT2D eigenvalue weighted by Gasteiger charge is 2.20. The quantitative estimate of drug-likeness (QED) is 0.792. The number of rotatable bonds is 3. The maximum absolute atomic E-state index is 13.0. The Bertz CT molecular complexity index is 832. The van der Waals surface area contributed by atoms with Gasteiger partial charge in [-0.2, -0.15) is 4.98 Å². The van der Waals surface area contributed by atoms with E-state index in [0.29, 0.717) is 5.95 Å². The zero-order valence-corrected chi connectivity index (χ0v) is 12.4. The van der Waals surface area contributed by atoms with Crippen LogP contribution in [-0.4, -0.2) is 16.5 Å². The molecule has 1 aromatic heterocycles. The third kappa shape index (κ3) is 2.73. The first kappa shape index (κ1) is 13.7. The lowest BCUT2D eigenvalue weighted by atomic mass is 10.2. The summed E-state index contributed by atoms with van der Waals surface area (Å²) in [5.74, 6) is 1.09. The van der Waals surface area contributed by atoms with Crippen molar-refractivity contribution >= 4 is 23.1 Å². The van der Waals surface area contributed by atoms with E-state index in [4.69, 9.17) is 0 Å². The summed E-state index contributed by atoms with van der Waals surface area (Å²) in [5, 5.41) is 3.10. The second kappa shape index (κ2) is 5.68. The van der Waals surface area contributed by atoms with Crippen LogP contribution < -0.4 is 10.2 Å². The van der Waals surface area contributed by atoms with E-state index in [-0.39, 0.29) is 5.82 Å². The highest BCUT2D eigenvalue weighted by Crippen LogP contribution is 2.33. The van der Waals surface area contributed by atoms with Gasteiger partial charge in [0.05, 0.1) is 0 Å². The Labute approximate surface area is 133 Å². The molecule has 1 N–H and O–H groups in total. The van der Waals surface area contributed by atoms with Crippen molar-refractivity contribution in [3.05, 3.63) is 72.2 Å². The molecule has 2 aromatic carbocycles. The van der Waals surface area contributed by atoms with Gasteiger partial charge >= 0.3 is 0 Å². The second-order valence-corrected chi connectivity index (χ2v) is 5.40. The van der Waals surface area contributed by atoms with Gasteiger partial charge in [0.1, 0.15) is 11.6 Å².